The molecular weight excluding hydrogens is 428 g/mol. The van der Waals surface area contributed by atoms with Crippen LogP contribution in [0.15, 0.2) is 84.9 Å². The molecule has 1 N–H and O–H groups in total. The smallest absolute Gasteiger partial charge is 0.207 e. The average Bonchev–Trinajstić information content (AvgIpc) is 3.26. The van der Waals surface area contributed by atoms with Gasteiger partial charge in [-0.05, 0) is 42.7 Å². The SMILES string of the molecule is N#C[C@@H](C(=O)c1nn(-c2ccccc2)c2c1CCc1ccccc1-2)C(=S)Nc1ccccc1. The zero-order valence-electron chi connectivity index (χ0n) is 17.7. The van der Waals surface area contributed by atoms with Crippen LogP contribution in [0.2, 0.25) is 0 Å². The summed E-state index contributed by atoms with van der Waals surface area (Å²) in [6, 6.07) is 29.3. The van der Waals surface area contributed by atoms with E-state index in [1.54, 1.807) is 0 Å². The van der Waals surface area contributed by atoms with Crippen molar-refractivity contribution in [3.63, 3.8) is 0 Å². The van der Waals surface area contributed by atoms with Gasteiger partial charge in [0.15, 0.2) is 5.92 Å². The number of nitriles is 1. The standard InChI is InChI=1S/C27H20N4OS/c28-17-23(27(33)29-19-10-3-1-4-11-19)26(32)24-22-16-15-18-9-7-8-14-21(18)25(22)31(30-24)20-12-5-2-6-13-20/h1-14,23H,15-16H2,(H,29,33)/t23-/m0/s1. The second-order valence-corrected chi connectivity index (χ2v) is 8.30. The summed E-state index contributed by atoms with van der Waals surface area (Å²) >= 11 is 5.46. The normalized spacial score (nSPS) is 12.7. The first-order valence-corrected chi connectivity index (χ1v) is 11.1. The highest BCUT2D eigenvalue weighted by atomic mass is 32.1. The molecule has 5 nitrogen and oxygen atoms in total. The number of nitrogens with zero attached hydrogens (tertiary/aromatic N) is 3. The van der Waals surface area contributed by atoms with Gasteiger partial charge in [-0.25, -0.2) is 4.68 Å². The molecule has 6 heteroatoms. The third-order valence-electron chi connectivity index (χ3n) is 5.83. The number of anilines is 1. The number of hydrogen-bond donors (Lipinski definition) is 1. The quantitative estimate of drug-likeness (QED) is 0.327. The first kappa shape index (κ1) is 20.8. The molecule has 0 aliphatic heterocycles. The third kappa shape index (κ3) is 3.84. The summed E-state index contributed by atoms with van der Waals surface area (Å²) < 4.78 is 1.82. The largest absolute Gasteiger partial charge is 0.349 e. The Bertz CT molecular complexity index is 1390. The summed E-state index contributed by atoms with van der Waals surface area (Å²) in [6.45, 7) is 0. The van der Waals surface area contributed by atoms with Gasteiger partial charge in [-0.15, -0.1) is 0 Å². The number of aromatic nitrogens is 2. The Balaban J connectivity index is 1.59. The molecule has 1 aromatic heterocycles. The molecule has 0 unspecified atom stereocenters. The van der Waals surface area contributed by atoms with Gasteiger partial charge in [-0.3, -0.25) is 4.79 Å². The van der Waals surface area contributed by atoms with Gasteiger partial charge in [0.25, 0.3) is 0 Å². The van der Waals surface area contributed by atoms with Crippen molar-refractivity contribution in [3.05, 3.63) is 102 Å². The highest BCUT2D eigenvalue weighted by Gasteiger charge is 2.33. The lowest BCUT2D eigenvalue weighted by Crippen LogP contribution is -2.28. The Morgan fingerprint density at radius 3 is 2.36 bits per heavy atom. The van der Waals surface area contributed by atoms with Crippen LogP contribution in [0.5, 0.6) is 0 Å². The number of ketones is 1. The molecule has 1 atom stereocenters. The second-order valence-electron chi connectivity index (χ2n) is 7.86. The molecule has 1 aliphatic rings. The van der Waals surface area contributed by atoms with Crippen LogP contribution < -0.4 is 5.32 Å². The van der Waals surface area contributed by atoms with E-state index in [4.69, 9.17) is 17.3 Å². The zero-order chi connectivity index (χ0) is 22.8. The summed E-state index contributed by atoms with van der Waals surface area (Å²) in [5.74, 6) is -1.50. The summed E-state index contributed by atoms with van der Waals surface area (Å²) in [5, 5.41) is 17.6. The van der Waals surface area contributed by atoms with Crippen LogP contribution in [-0.2, 0) is 12.8 Å². The van der Waals surface area contributed by atoms with Crippen LogP contribution in [-0.4, -0.2) is 20.6 Å². The molecule has 3 aromatic carbocycles. The molecule has 1 heterocycles. The number of para-hydroxylation sites is 2. The fraction of sp³-hybridized carbons (Fsp3) is 0.111. The number of benzene rings is 3. The first-order chi connectivity index (χ1) is 16.2. The number of thiocarbonyl (C=S) groups is 1. The fourth-order valence-corrected chi connectivity index (χ4v) is 4.53. The molecule has 0 radical (unpaired) electrons. The molecule has 5 rings (SSSR count). The topological polar surface area (TPSA) is 70.7 Å². The molecule has 33 heavy (non-hydrogen) atoms. The number of hydrogen-bond acceptors (Lipinski definition) is 4. The number of carbonyl (C=O) groups excluding carboxylic acids is 1. The van der Waals surface area contributed by atoms with E-state index in [1.807, 2.05) is 77.5 Å². The minimum Gasteiger partial charge on any atom is -0.349 e. The lowest BCUT2D eigenvalue weighted by Gasteiger charge is -2.19. The van der Waals surface area contributed by atoms with Crippen LogP contribution >= 0.6 is 12.2 Å². The molecule has 0 saturated carbocycles. The maximum atomic E-state index is 13.6. The summed E-state index contributed by atoms with van der Waals surface area (Å²) in [5.41, 5.74) is 5.97. The van der Waals surface area contributed by atoms with Gasteiger partial charge in [0, 0.05) is 16.8 Å². The maximum absolute atomic E-state index is 13.6. The highest BCUT2D eigenvalue weighted by molar-refractivity contribution is 7.80. The minimum absolute atomic E-state index is 0.174. The maximum Gasteiger partial charge on any atom is 0.207 e. The summed E-state index contributed by atoms with van der Waals surface area (Å²) in [6.07, 6.45) is 1.49. The van der Waals surface area contributed by atoms with Gasteiger partial charge >= 0.3 is 0 Å². The minimum atomic E-state index is -1.12. The van der Waals surface area contributed by atoms with E-state index in [9.17, 15) is 10.1 Å². The number of rotatable bonds is 5. The molecule has 160 valence electrons. The van der Waals surface area contributed by atoms with Crippen LogP contribution in [0.4, 0.5) is 5.69 Å². The molecular formula is C27H20N4OS. The lowest BCUT2D eigenvalue weighted by atomic mass is 9.87. The Kier molecular flexibility index (Phi) is 5.55. The van der Waals surface area contributed by atoms with Gasteiger partial charge in [-0.1, -0.05) is 72.9 Å². The molecule has 1 aliphatic carbocycles. The number of nitrogens with one attached hydrogen (secondary N) is 1. The fourth-order valence-electron chi connectivity index (χ4n) is 4.26. The van der Waals surface area contributed by atoms with Gasteiger partial charge in [0.2, 0.25) is 5.78 Å². The number of Topliss-reactive ketones (excluding diaryl/α,β-unsaturated/α-hetero) is 1. The van der Waals surface area contributed by atoms with E-state index in [2.05, 4.69) is 23.5 Å². The van der Waals surface area contributed by atoms with Crippen LogP contribution in [0.25, 0.3) is 16.9 Å². The second kappa shape index (κ2) is 8.81. The molecule has 0 amide bonds. The highest BCUT2D eigenvalue weighted by Crippen LogP contribution is 2.37. The molecule has 0 saturated heterocycles. The average molecular weight is 449 g/mol. The van der Waals surface area contributed by atoms with E-state index in [0.29, 0.717) is 12.1 Å². The first-order valence-electron chi connectivity index (χ1n) is 10.7. The van der Waals surface area contributed by atoms with E-state index >= 15 is 0 Å². The van der Waals surface area contributed by atoms with Gasteiger partial charge < -0.3 is 5.32 Å². The van der Waals surface area contributed by atoms with Crippen molar-refractivity contribution >= 4 is 28.7 Å². The van der Waals surface area contributed by atoms with Crippen molar-refractivity contribution in [2.24, 2.45) is 5.92 Å². The van der Waals surface area contributed by atoms with Crippen molar-refractivity contribution in [1.29, 1.82) is 5.26 Å². The number of carbonyl (C=O) groups is 1. The van der Waals surface area contributed by atoms with Crippen LogP contribution in [0.3, 0.4) is 0 Å². The molecule has 0 spiro atoms. The van der Waals surface area contributed by atoms with Crippen molar-refractivity contribution in [3.8, 4) is 23.0 Å². The van der Waals surface area contributed by atoms with Crippen molar-refractivity contribution in [2.45, 2.75) is 12.8 Å². The molecule has 0 bridgehead atoms. The Morgan fingerprint density at radius 2 is 1.64 bits per heavy atom. The predicted molar refractivity (Wildman–Crippen MR) is 133 cm³/mol. The van der Waals surface area contributed by atoms with Crippen molar-refractivity contribution < 1.29 is 4.79 Å². The number of aryl methyl sites for hydroxylation is 1. The predicted octanol–water partition coefficient (Wildman–Crippen LogP) is 5.40. The van der Waals surface area contributed by atoms with Gasteiger partial charge in [0.1, 0.15) is 10.7 Å². The molecule has 0 fully saturated rings. The Hall–Kier alpha value is -4.08. The van der Waals surface area contributed by atoms with Crippen molar-refractivity contribution in [1.82, 2.24) is 9.78 Å². The van der Waals surface area contributed by atoms with Gasteiger partial charge in [-0.2, -0.15) is 10.4 Å². The van der Waals surface area contributed by atoms with E-state index in [-0.39, 0.29) is 10.8 Å². The Morgan fingerprint density at radius 1 is 0.970 bits per heavy atom. The zero-order valence-corrected chi connectivity index (χ0v) is 18.5. The summed E-state index contributed by atoms with van der Waals surface area (Å²) in [4.78, 5) is 13.8. The van der Waals surface area contributed by atoms with Gasteiger partial charge in [0.05, 0.1) is 17.5 Å². The monoisotopic (exact) mass is 448 g/mol. The van der Waals surface area contributed by atoms with E-state index in [1.165, 1.54) is 5.56 Å². The number of fused-ring (bicyclic) bond motifs is 3. The van der Waals surface area contributed by atoms with E-state index < -0.39 is 5.92 Å². The third-order valence-corrected chi connectivity index (χ3v) is 6.17. The summed E-state index contributed by atoms with van der Waals surface area (Å²) in [7, 11) is 0. The van der Waals surface area contributed by atoms with Crippen molar-refractivity contribution in [2.75, 3.05) is 5.32 Å². The lowest BCUT2D eigenvalue weighted by molar-refractivity contribution is 0.0969. The Labute approximate surface area is 197 Å². The van der Waals surface area contributed by atoms with Crippen LogP contribution in [0.1, 0.15) is 21.6 Å². The van der Waals surface area contributed by atoms with Crippen LogP contribution in [0, 0.1) is 17.2 Å². The van der Waals surface area contributed by atoms with E-state index in [0.717, 1.165) is 34.6 Å². The molecule has 4 aromatic rings.